The van der Waals surface area contributed by atoms with Gasteiger partial charge in [0.1, 0.15) is 0 Å². The van der Waals surface area contributed by atoms with Crippen LogP contribution in [0.1, 0.15) is 29.6 Å². The topological polar surface area (TPSA) is 38.0 Å². The summed E-state index contributed by atoms with van der Waals surface area (Å²) in [5.74, 6) is 0. The van der Waals surface area contributed by atoms with Crippen molar-refractivity contribution in [2.24, 2.45) is 0 Å². The molecule has 20 heavy (non-hydrogen) atoms. The molecule has 0 bridgehead atoms. The van der Waals surface area contributed by atoms with Crippen LogP contribution in [0, 0.1) is 0 Å². The molecule has 3 rings (SSSR count). The SMILES string of the molecule is CCCc1nc(Cn2ccc3cccc(CO)c32)cs1. The number of benzene rings is 1. The Bertz CT molecular complexity index is 714. The molecular formula is C16H18N2OS. The molecule has 1 N–H and O–H groups in total. The Morgan fingerprint density at radius 1 is 1.30 bits per heavy atom. The molecular weight excluding hydrogens is 268 g/mol. The summed E-state index contributed by atoms with van der Waals surface area (Å²) in [6.07, 6.45) is 4.26. The molecule has 0 radical (unpaired) electrons. The molecule has 0 aliphatic rings. The lowest BCUT2D eigenvalue weighted by molar-refractivity contribution is 0.283. The van der Waals surface area contributed by atoms with Crippen LogP contribution in [0.3, 0.4) is 0 Å². The fourth-order valence-corrected chi connectivity index (χ4v) is 3.42. The molecule has 0 saturated carbocycles. The van der Waals surface area contributed by atoms with Crippen molar-refractivity contribution in [1.29, 1.82) is 0 Å². The van der Waals surface area contributed by atoms with Crippen LogP contribution in [-0.4, -0.2) is 14.7 Å². The number of thiazole rings is 1. The number of rotatable bonds is 5. The molecule has 4 heteroatoms. The van der Waals surface area contributed by atoms with Crippen LogP contribution in [0.2, 0.25) is 0 Å². The van der Waals surface area contributed by atoms with E-state index in [0.717, 1.165) is 36.2 Å². The number of hydrogen-bond acceptors (Lipinski definition) is 3. The van der Waals surface area contributed by atoms with Gasteiger partial charge < -0.3 is 9.67 Å². The number of hydrogen-bond donors (Lipinski definition) is 1. The summed E-state index contributed by atoms with van der Waals surface area (Å²) in [4.78, 5) is 4.67. The van der Waals surface area contributed by atoms with Gasteiger partial charge in [-0.3, -0.25) is 0 Å². The van der Waals surface area contributed by atoms with E-state index in [1.54, 1.807) is 11.3 Å². The van der Waals surface area contributed by atoms with Crippen molar-refractivity contribution in [2.45, 2.75) is 32.9 Å². The highest BCUT2D eigenvalue weighted by molar-refractivity contribution is 7.09. The minimum absolute atomic E-state index is 0.0690. The van der Waals surface area contributed by atoms with Crippen molar-refractivity contribution in [3.8, 4) is 0 Å². The first-order chi connectivity index (χ1) is 9.81. The van der Waals surface area contributed by atoms with Gasteiger partial charge in [-0.2, -0.15) is 0 Å². The zero-order valence-corrected chi connectivity index (χ0v) is 12.4. The molecule has 0 unspecified atom stereocenters. The van der Waals surface area contributed by atoms with E-state index >= 15 is 0 Å². The quantitative estimate of drug-likeness (QED) is 0.778. The van der Waals surface area contributed by atoms with E-state index in [9.17, 15) is 5.11 Å². The second-order valence-corrected chi connectivity index (χ2v) is 5.88. The van der Waals surface area contributed by atoms with Crippen LogP contribution in [-0.2, 0) is 19.6 Å². The van der Waals surface area contributed by atoms with Crippen LogP contribution in [0.25, 0.3) is 10.9 Å². The van der Waals surface area contributed by atoms with Crippen LogP contribution in [0.15, 0.2) is 35.8 Å². The minimum Gasteiger partial charge on any atom is -0.392 e. The van der Waals surface area contributed by atoms with Gasteiger partial charge in [-0.1, -0.05) is 25.1 Å². The number of aromatic nitrogens is 2. The minimum atomic E-state index is 0.0690. The van der Waals surface area contributed by atoms with Gasteiger partial charge >= 0.3 is 0 Å². The first-order valence-electron chi connectivity index (χ1n) is 6.92. The third-order valence-corrected chi connectivity index (χ3v) is 4.40. The molecule has 3 aromatic rings. The Morgan fingerprint density at radius 2 is 2.20 bits per heavy atom. The predicted octanol–water partition coefficient (Wildman–Crippen LogP) is 3.59. The van der Waals surface area contributed by atoms with Gasteiger partial charge in [-0.05, 0) is 24.3 Å². The van der Waals surface area contributed by atoms with E-state index in [-0.39, 0.29) is 6.61 Å². The first-order valence-corrected chi connectivity index (χ1v) is 7.80. The average molecular weight is 286 g/mol. The molecule has 0 amide bonds. The van der Waals surface area contributed by atoms with Gasteiger partial charge in [-0.25, -0.2) is 4.98 Å². The lowest BCUT2D eigenvalue weighted by atomic mass is 10.1. The third kappa shape index (κ3) is 2.49. The Morgan fingerprint density at radius 3 is 3.00 bits per heavy atom. The van der Waals surface area contributed by atoms with Crippen LogP contribution < -0.4 is 0 Å². The Balaban J connectivity index is 1.93. The number of fused-ring (bicyclic) bond motifs is 1. The van der Waals surface area contributed by atoms with Gasteiger partial charge in [0.15, 0.2) is 0 Å². The van der Waals surface area contributed by atoms with Gasteiger partial charge in [0, 0.05) is 17.1 Å². The van der Waals surface area contributed by atoms with E-state index in [0.29, 0.717) is 0 Å². The highest BCUT2D eigenvalue weighted by Crippen LogP contribution is 2.22. The fraction of sp³-hybridized carbons (Fsp3) is 0.312. The van der Waals surface area contributed by atoms with E-state index in [4.69, 9.17) is 0 Å². The third-order valence-electron chi connectivity index (χ3n) is 3.44. The molecule has 104 valence electrons. The number of para-hydroxylation sites is 1. The van der Waals surface area contributed by atoms with Crippen molar-refractivity contribution in [3.05, 3.63) is 52.1 Å². The van der Waals surface area contributed by atoms with Crippen molar-refractivity contribution in [3.63, 3.8) is 0 Å². The summed E-state index contributed by atoms with van der Waals surface area (Å²) >= 11 is 1.74. The van der Waals surface area contributed by atoms with Gasteiger partial charge in [0.2, 0.25) is 0 Å². The number of aryl methyl sites for hydroxylation is 1. The summed E-state index contributed by atoms with van der Waals surface area (Å²) in [7, 11) is 0. The Kier molecular flexibility index (Phi) is 3.85. The Hall–Kier alpha value is -1.65. The van der Waals surface area contributed by atoms with Crippen LogP contribution >= 0.6 is 11.3 Å². The first kappa shape index (κ1) is 13.3. The number of aliphatic hydroxyl groups is 1. The second kappa shape index (κ2) is 5.77. The molecule has 1 aromatic carbocycles. The molecule has 0 spiro atoms. The van der Waals surface area contributed by atoms with E-state index < -0.39 is 0 Å². The van der Waals surface area contributed by atoms with Gasteiger partial charge in [0.05, 0.1) is 29.4 Å². The standard InChI is InChI=1S/C16H18N2OS/c1-2-4-15-17-14(11-20-15)9-18-8-7-12-5-3-6-13(10-19)16(12)18/h3,5-8,11,19H,2,4,9-10H2,1H3. The maximum Gasteiger partial charge on any atom is 0.0928 e. The second-order valence-electron chi connectivity index (χ2n) is 4.94. The molecule has 3 nitrogen and oxygen atoms in total. The zero-order valence-electron chi connectivity index (χ0n) is 11.5. The van der Waals surface area contributed by atoms with E-state index in [1.807, 2.05) is 12.1 Å². The summed E-state index contributed by atoms with van der Waals surface area (Å²) < 4.78 is 2.17. The highest BCUT2D eigenvalue weighted by Gasteiger charge is 2.08. The molecule has 2 heterocycles. The predicted molar refractivity (Wildman–Crippen MR) is 83.1 cm³/mol. The lowest BCUT2D eigenvalue weighted by Gasteiger charge is -2.07. The van der Waals surface area contributed by atoms with Crippen molar-refractivity contribution in [2.75, 3.05) is 0 Å². The maximum atomic E-state index is 9.49. The molecule has 0 atom stereocenters. The molecule has 2 aromatic heterocycles. The van der Waals surface area contributed by atoms with Crippen molar-refractivity contribution >= 4 is 22.2 Å². The Labute approximate surface area is 122 Å². The number of aliphatic hydroxyl groups excluding tert-OH is 1. The molecule has 0 fully saturated rings. The fourth-order valence-electron chi connectivity index (χ4n) is 2.52. The van der Waals surface area contributed by atoms with Crippen LogP contribution in [0.4, 0.5) is 0 Å². The van der Waals surface area contributed by atoms with Crippen molar-refractivity contribution < 1.29 is 5.11 Å². The monoisotopic (exact) mass is 286 g/mol. The largest absolute Gasteiger partial charge is 0.392 e. The summed E-state index contributed by atoms with van der Waals surface area (Å²) in [6, 6.07) is 8.13. The zero-order chi connectivity index (χ0) is 13.9. The van der Waals surface area contributed by atoms with E-state index in [2.05, 4.69) is 40.2 Å². The van der Waals surface area contributed by atoms with Crippen molar-refractivity contribution in [1.82, 2.24) is 9.55 Å². The average Bonchev–Trinajstić information content (AvgIpc) is 3.07. The molecule has 0 saturated heterocycles. The van der Waals surface area contributed by atoms with Gasteiger partial charge in [0.25, 0.3) is 0 Å². The maximum absolute atomic E-state index is 9.49. The molecule has 0 aliphatic carbocycles. The smallest absolute Gasteiger partial charge is 0.0928 e. The van der Waals surface area contributed by atoms with E-state index in [1.165, 1.54) is 10.4 Å². The summed E-state index contributed by atoms with van der Waals surface area (Å²) in [5.41, 5.74) is 3.18. The van der Waals surface area contributed by atoms with Gasteiger partial charge in [-0.15, -0.1) is 11.3 Å². The summed E-state index contributed by atoms with van der Waals surface area (Å²) in [6.45, 7) is 3.01. The summed E-state index contributed by atoms with van der Waals surface area (Å²) in [5, 5.41) is 14.0. The van der Waals surface area contributed by atoms with Crippen LogP contribution in [0.5, 0.6) is 0 Å². The normalized spacial score (nSPS) is 11.3. The highest BCUT2D eigenvalue weighted by atomic mass is 32.1. The lowest BCUT2D eigenvalue weighted by Crippen LogP contribution is -2.01. The molecule has 0 aliphatic heterocycles. The number of nitrogens with zero attached hydrogens (tertiary/aromatic N) is 2.